The van der Waals surface area contributed by atoms with Crippen LogP contribution in [0.2, 0.25) is 0 Å². The molecule has 0 saturated heterocycles. The third-order valence-corrected chi connectivity index (χ3v) is 6.21. The Balaban J connectivity index is 1.83. The number of aromatic nitrogens is 1. The molecule has 3 rings (SSSR count). The van der Waals surface area contributed by atoms with Crippen molar-refractivity contribution in [2.75, 3.05) is 19.1 Å². The van der Waals surface area contributed by atoms with Crippen LogP contribution in [0.5, 0.6) is 11.5 Å². The number of thioether (sulfide) groups is 1. The van der Waals surface area contributed by atoms with Gasteiger partial charge in [0.2, 0.25) is 5.75 Å². The van der Waals surface area contributed by atoms with Crippen LogP contribution >= 0.6 is 11.8 Å². The van der Waals surface area contributed by atoms with Crippen molar-refractivity contribution in [2.45, 2.75) is 26.3 Å². The number of nitrogens with one attached hydrogen (secondary N) is 1. The fourth-order valence-electron chi connectivity index (χ4n) is 3.62. The number of hydrogen-bond donors (Lipinski definition) is 1. The zero-order valence-corrected chi connectivity index (χ0v) is 23.1. The zero-order valence-electron chi connectivity index (χ0n) is 22.3. The summed E-state index contributed by atoms with van der Waals surface area (Å²) in [6, 6.07) is 11.3. The number of benzene rings is 2. The summed E-state index contributed by atoms with van der Waals surface area (Å²) >= 11 is 1.46. The molecule has 0 bridgehead atoms. The Morgan fingerprint density at radius 2 is 1.55 bits per heavy atom. The fourth-order valence-corrected chi connectivity index (χ4v) is 3.99. The predicted octanol–water partition coefficient (Wildman–Crippen LogP) is 5.17. The number of ether oxygens (including phenoxy) is 3. The molecule has 1 heterocycles. The Bertz CT molecular complexity index is 1350. The second-order valence-electron chi connectivity index (χ2n) is 8.47. The van der Waals surface area contributed by atoms with E-state index in [0.717, 1.165) is 0 Å². The minimum atomic E-state index is -1.15. The van der Waals surface area contributed by atoms with Crippen molar-refractivity contribution in [3.8, 4) is 11.5 Å². The van der Waals surface area contributed by atoms with E-state index < -0.39 is 35.5 Å². The molecule has 0 fully saturated rings. The van der Waals surface area contributed by atoms with Gasteiger partial charge in [0.1, 0.15) is 23.4 Å². The summed E-state index contributed by atoms with van der Waals surface area (Å²) in [5.74, 6) is -2.46. The first kappa shape index (κ1) is 30.3. The molecule has 210 valence electrons. The molecule has 40 heavy (non-hydrogen) atoms. The largest absolute Gasteiger partial charge is 0.493 e. The van der Waals surface area contributed by atoms with E-state index in [-0.39, 0.29) is 29.4 Å². The first-order valence-electron chi connectivity index (χ1n) is 12.1. The zero-order chi connectivity index (χ0) is 29.2. The van der Waals surface area contributed by atoms with E-state index in [1.54, 1.807) is 0 Å². The SMILES string of the molecule is COc1ccnc(C(=O)N[C@@H](C)C(=O)OC(C)=C(c2ccc(F)cc2)c2ccc(F)cc2)c1OC(=O)CCSC. The number of hydrogen-bond acceptors (Lipinski definition) is 8. The number of rotatable bonds is 11. The summed E-state index contributed by atoms with van der Waals surface area (Å²) in [5.41, 5.74) is 1.25. The summed E-state index contributed by atoms with van der Waals surface area (Å²) in [6.07, 6.45) is 3.26. The highest BCUT2D eigenvalue weighted by Gasteiger charge is 2.26. The maximum atomic E-state index is 13.6. The predicted molar refractivity (Wildman–Crippen MR) is 147 cm³/mol. The summed E-state index contributed by atoms with van der Waals surface area (Å²) in [4.78, 5) is 42.3. The molecule has 8 nitrogen and oxygen atoms in total. The standard InChI is InChI=1S/C29H28F2N2O6S/c1-17(33-28(35)26-27(23(37-3)13-15-32-26)39-24(34)14-16-40-4)29(36)38-18(2)25(19-5-9-21(30)10-6-19)20-7-11-22(31)12-8-20/h5-13,15,17H,14,16H2,1-4H3,(H,33,35)/t17-/m0/s1. The van der Waals surface area contributed by atoms with Gasteiger partial charge in [-0.25, -0.2) is 18.6 Å². The monoisotopic (exact) mass is 570 g/mol. The molecule has 0 unspecified atom stereocenters. The van der Waals surface area contributed by atoms with Crippen LogP contribution in [0.4, 0.5) is 8.78 Å². The van der Waals surface area contributed by atoms with Crippen LogP contribution < -0.4 is 14.8 Å². The van der Waals surface area contributed by atoms with Gasteiger partial charge in [-0.15, -0.1) is 0 Å². The molecule has 1 atom stereocenters. The van der Waals surface area contributed by atoms with Gasteiger partial charge in [0, 0.05) is 23.6 Å². The number of carbonyl (C=O) groups is 3. The highest BCUT2D eigenvalue weighted by atomic mass is 32.2. The summed E-state index contributed by atoms with van der Waals surface area (Å²) in [6.45, 7) is 2.94. The smallest absolute Gasteiger partial charge is 0.333 e. The second kappa shape index (κ2) is 14.2. The minimum Gasteiger partial charge on any atom is -0.493 e. The first-order valence-corrected chi connectivity index (χ1v) is 13.5. The Hall–Kier alpha value is -4.25. The van der Waals surface area contributed by atoms with Crippen LogP contribution in [0.15, 0.2) is 66.6 Å². The highest BCUT2D eigenvalue weighted by Crippen LogP contribution is 2.31. The lowest BCUT2D eigenvalue weighted by Crippen LogP contribution is -2.40. The van der Waals surface area contributed by atoms with Crippen LogP contribution in [-0.4, -0.2) is 48.0 Å². The van der Waals surface area contributed by atoms with Crippen molar-refractivity contribution in [1.82, 2.24) is 10.3 Å². The van der Waals surface area contributed by atoms with Crippen LogP contribution in [0.3, 0.4) is 0 Å². The van der Waals surface area contributed by atoms with Crippen molar-refractivity contribution in [2.24, 2.45) is 0 Å². The van der Waals surface area contributed by atoms with Gasteiger partial charge in [-0.2, -0.15) is 11.8 Å². The number of carbonyl (C=O) groups excluding carboxylic acids is 3. The van der Waals surface area contributed by atoms with E-state index in [4.69, 9.17) is 14.2 Å². The Kier molecular flexibility index (Phi) is 10.8. The van der Waals surface area contributed by atoms with Crippen molar-refractivity contribution in [3.05, 3.63) is 95.0 Å². The third-order valence-electron chi connectivity index (χ3n) is 5.60. The molecule has 0 aliphatic carbocycles. The fraction of sp³-hybridized carbons (Fsp3) is 0.241. The molecule has 0 radical (unpaired) electrons. The second-order valence-corrected chi connectivity index (χ2v) is 9.45. The summed E-state index contributed by atoms with van der Waals surface area (Å²) in [5, 5.41) is 2.49. The molecule has 3 aromatic rings. The maximum Gasteiger partial charge on any atom is 0.333 e. The van der Waals surface area contributed by atoms with E-state index in [0.29, 0.717) is 22.5 Å². The van der Waals surface area contributed by atoms with Gasteiger partial charge in [-0.05, 0) is 55.5 Å². The lowest BCUT2D eigenvalue weighted by molar-refractivity contribution is -0.141. The molecule has 0 saturated carbocycles. The number of allylic oxidation sites excluding steroid dienone is 1. The van der Waals surface area contributed by atoms with Gasteiger partial charge in [0.25, 0.3) is 5.91 Å². The van der Waals surface area contributed by atoms with E-state index >= 15 is 0 Å². The Morgan fingerprint density at radius 1 is 0.975 bits per heavy atom. The molecule has 0 aliphatic rings. The molecule has 1 N–H and O–H groups in total. The number of esters is 2. The molecule has 11 heteroatoms. The van der Waals surface area contributed by atoms with Gasteiger partial charge < -0.3 is 19.5 Å². The molecule has 0 spiro atoms. The number of methoxy groups -OCH3 is 1. The number of amides is 1. The molecule has 1 aromatic heterocycles. The van der Waals surface area contributed by atoms with Crippen LogP contribution in [0, 0.1) is 11.6 Å². The van der Waals surface area contributed by atoms with Gasteiger partial charge >= 0.3 is 11.9 Å². The van der Waals surface area contributed by atoms with E-state index in [9.17, 15) is 23.2 Å². The van der Waals surface area contributed by atoms with Crippen molar-refractivity contribution in [1.29, 1.82) is 0 Å². The lowest BCUT2D eigenvalue weighted by atomic mass is 9.97. The number of halogens is 2. The van der Waals surface area contributed by atoms with Gasteiger partial charge in [-0.3, -0.25) is 9.59 Å². The normalized spacial score (nSPS) is 11.2. The summed E-state index contributed by atoms with van der Waals surface area (Å²) in [7, 11) is 1.35. The van der Waals surface area contributed by atoms with Crippen LogP contribution in [0.25, 0.3) is 5.57 Å². The topological polar surface area (TPSA) is 104 Å². The first-order chi connectivity index (χ1) is 19.1. The average Bonchev–Trinajstić information content (AvgIpc) is 2.94. The van der Waals surface area contributed by atoms with Gasteiger partial charge in [-0.1, -0.05) is 24.3 Å². The lowest BCUT2D eigenvalue weighted by Gasteiger charge is -2.18. The molecular weight excluding hydrogens is 542 g/mol. The average molecular weight is 571 g/mol. The summed E-state index contributed by atoms with van der Waals surface area (Å²) < 4.78 is 43.3. The van der Waals surface area contributed by atoms with E-state index in [1.165, 1.54) is 93.5 Å². The molecular formula is C29H28F2N2O6S. The van der Waals surface area contributed by atoms with Gasteiger partial charge in [0.05, 0.1) is 13.5 Å². The molecule has 1 amide bonds. The minimum absolute atomic E-state index is 0.110. The van der Waals surface area contributed by atoms with Crippen molar-refractivity contribution in [3.63, 3.8) is 0 Å². The number of nitrogens with zero attached hydrogens (tertiary/aromatic N) is 1. The maximum absolute atomic E-state index is 13.6. The Morgan fingerprint density at radius 3 is 2.08 bits per heavy atom. The molecule has 2 aromatic carbocycles. The quantitative estimate of drug-likeness (QED) is 0.249. The highest BCUT2D eigenvalue weighted by molar-refractivity contribution is 7.98. The van der Waals surface area contributed by atoms with E-state index in [2.05, 4.69) is 10.3 Å². The molecule has 0 aliphatic heterocycles. The van der Waals surface area contributed by atoms with Crippen LogP contribution in [0.1, 0.15) is 41.9 Å². The Labute approximate surface area is 234 Å². The van der Waals surface area contributed by atoms with Gasteiger partial charge in [0.15, 0.2) is 11.4 Å². The van der Waals surface area contributed by atoms with Crippen LogP contribution in [-0.2, 0) is 14.3 Å². The van der Waals surface area contributed by atoms with Crippen molar-refractivity contribution >= 4 is 35.2 Å². The number of pyridine rings is 1. The van der Waals surface area contributed by atoms with E-state index in [1.807, 2.05) is 6.26 Å². The third kappa shape index (κ3) is 7.89. The van der Waals surface area contributed by atoms with Crippen molar-refractivity contribution < 1.29 is 37.4 Å².